The maximum atomic E-state index is 12.9. The van der Waals surface area contributed by atoms with Crippen LogP contribution in [0.25, 0.3) is 0 Å². The zero-order valence-corrected chi connectivity index (χ0v) is 18.6. The molecule has 31 heavy (non-hydrogen) atoms. The van der Waals surface area contributed by atoms with Crippen LogP contribution in [-0.4, -0.2) is 49.7 Å². The van der Waals surface area contributed by atoms with Crippen molar-refractivity contribution in [1.29, 1.82) is 0 Å². The number of nitrogens with zero attached hydrogens (tertiary/aromatic N) is 2. The molecule has 4 rings (SSSR count). The van der Waals surface area contributed by atoms with Crippen molar-refractivity contribution in [2.75, 3.05) is 26.8 Å². The SMILES string of the molecule is COc1ccc(OCCc2cc(C3CCN(S(=O)(=O)c4ccc(C)cc4)C3)n[nH]2)cc1. The minimum absolute atomic E-state index is 0.0905. The van der Waals surface area contributed by atoms with E-state index in [1.807, 2.05) is 49.4 Å². The Morgan fingerprint density at radius 2 is 1.81 bits per heavy atom. The van der Waals surface area contributed by atoms with Gasteiger partial charge in [-0.25, -0.2) is 8.42 Å². The van der Waals surface area contributed by atoms with Crippen molar-refractivity contribution >= 4 is 10.0 Å². The molecule has 2 aromatic carbocycles. The summed E-state index contributed by atoms with van der Waals surface area (Å²) in [5, 5.41) is 7.49. The number of H-pyrrole nitrogens is 1. The average molecular weight is 442 g/mol. The first kappa shape index (κ1) is 21.4. The fourth-order valence-corrected chi connectivity index (χ4v) is 5.21. The van der Waals surface area contributed by atoms with Gasteiger partial charge in [-0.1, -0.05) is 17.7 Å². The number of hydrogen-bond acceptors (Lipinski definition) is 5. The maximum absolute atomic E-state index is 12.9. The predicted octanol–water partition coefficient (Wildman–Crippen LogP) is 3.53. The number of rotatable bonds is 8. The number of aromatic nitrogens is 2. The fraction of sp³-hybridized carbons (Fsp3) is 0.348. The van der Waals surface area contributed by atoms with Crippen LogP contribution in [0.2, 0.25) is 0 Å². The molecule has 0 radical (unpaired) electrons. The molecular weight excluding hydrogens is 414 g/mol. The average Bonchev–Trinajstić information content (AvgIpc) is 3.45. The van der Waals surface area contributed by atoms with Crippen molar-refractivity contribution in [1.82, 2.24) is 14.5 Å². The minimum Gasteiger partial charge on any atom is -0.497 e. The van der Waals surface area contributed by atoms with Crippen LogP contribution in [0.1, 0.15) is 29.3 Å². The Labute approximate surface area is 183 Å². The summed E-state index contributed by atoms with van der Waals surface area (Å²) in [6.07, 6.45) is 1.45. The summed E-state index contributed by atoms with van der Waals surface area (Å²) in [4.78, 5) is 0.345. The van der Waals surface area contributed by atoms with Crippen LogP contribution >= 0.6 is 0 Å². The van der Waals surface area contributed by atoms with Gasteiger partial charge in [-0.2, -0.15) is 9.40 Å². The summed E-state index contributed by atoms with van der Waals surface area (Å²) >= 11 is 0. The van der Waals surface area contributed by atoms with E-state index >= 15 is 0 Å². The van der Waals surface area contributed by atoms with Crippen LogP contribution in [0.15, 0.2) is 59.5 Å². The Bertz CT molecular complexity index is 1110. The van der Waals surface area contributed by atoms with Gasteiger partial charge in [-0.3, -0.25) is 5.10 Å². The van der Waals surface area contributed by atoms with Crippen LogP contribution < -0.4 is 9.47 Å². The van der Waals surface area contributed by atoms with E-state index < -0.39 is 10.0 Å². The molecule has 1 saturated heterocycles. The van der Waals surface area contributed by atoms with E-state index in [2.05, 4.69) is 10.2 Å². The molecule has 164 valence electrons. The highest BCUT2D eigenvalue weighted by Gasteiger charge is 2.34. The third-order valence-corrected chi connectivity index (χ3v) is 7.46. The van der Waals surface area contributed by atoms with Crippen molar-refractivity contribution in [3.8, 4) is 11.5 Å². The molecule has 0 saturated carbocycles. The normalized spacial score (nSPS) is 17.0. The van der Waals surface area contributed by atoms with Gasteiger partial charge in [-0.05, 0) is 55.8 Å². The smallest absolute Gasteiger partial charge is 0.243 e. The van der Waals surface area contributed by atoms with Crippen molar-refractivity contribution < 1.29 is 17.9 Å². The van der Waals surface area contributed by atoms with Gasteiger partial charge in [0.25, 0.3) is 0 Å². The molecule has 0 amide bonds. The molecule has 0 aliphatic carbocycles. The molecule has 0 bridgehead atoms. The Balaban J connectivity index is 1.32. The number of nitrogens with one attached hydrogen (secondary N) is 1. The van der Waals surface area contributed by atoms with Gasteiger partial charge >= 0.3 is 0 Å². The topological polar surface area (TPSA) is 84.5 Å². The largest absolute Gasteiger partial charge is 0.497 e. The minimum atomic E-state index is -3.47. The fourth-order valence-electron chi connectivity index (χ4n) is 3.71. The van der Waals surface area contributed by atoms with Crippen molar-refractivity contribution in [3.63, 3.8) is 0 Å². The molecule has 8 heteroatoms. The summed E-state index contributed by atoms with van der Waals surface area (Å²) in [6.45, 7) is 3.42. The van der Waals surface area contributed by atoms with E-state index in [0.29, 0.717) is 31.0 Å². The number of sulfonamides is 1. The summed E-state index contributed by atoms with van der Waals surface area (Å²) in [6, 6.07) is 16.5. The second-order valence-electron chi connectivity index (χ2n) is 7.75. The lowest BCUT2D eigenvalue weighted by atomic mass is 10.0. The molecule has 1 aliphatic heterocycles. The van der Waals surface area contributed by atoms with Gasteiger partial charge in [-0.15, -0.1) is 0 Å². The van der Waals surface area contributed by atoms with E-state index in [1.165, 1.54) is 0 Å². The third kappa shape index (κ3) is 4.91. The van der Waals surface area contributed by atoms with Gasteiger partial charge in [0.15, 0.2) is 0 Å². The summed E-state index contributed by atoms with van der Waals surface area (Å²) < 4.78 is 38.3. The molecule has 3 aromatic rings. The second-order valence-corrected chi connectivity index (χ2v) is 9.69. The Morgan fingerprint density at radius 3 is 2.52 bits per heavy atom. The van der Waals surface area contributed by atoms with Crippen LogP contribution in [0.4, 0.5) is 0 Å². The van der Waals surface area contributed by atoms with Gasteiger partial charge in [0.2, 0.25) is 10.0 Å². The highest BCUT2D eigenvalue weighted by molar-refractivity contribution is 7.89. The van der Waals surface area contributed by atoms with Crippen LogP contribution in [0.3, 0.4) is 0 Å². The molecule has 7 nitrogen and oxygen atoms in total. The van der Waals surface area contributed by atoms with E-state index in [0.717, 1.165) is 34.9 Å². The Hall–Kier alpha value is -2.84. The quantitative estimate of drug-likeness (QED) is 0.578. The lowest BCUT2D eigenvalue weighted by Crippen LogP contribution is -2.28. The molecule has 1 aliphatic rings. The molecule has 1 aromatic heterocycles. The number of methoxy groups -OCH3 is 1. The number of benzene rings is 2. The van der Waals surface area contributed by atoms with Gasteiger partial charge in [0.1, 0.15) is 11.5 Å². The maximum Gasteiger partial charge on any atom is 0.243 e. The lowest BCUT2D eigenvalue weighted by Gasteiger charge is -2.16. The molecule has 1 fully saturated rings. The Kier molecular flexibility index (Phi) is 6.29. The zero-order chi connectivity index (χ0) is 21.8. The monoisotopic (exact) mass is 441 g/mol. The van der Waals surface area contributed by atoms with Gasteiger partial charge in [0.05, 0.1) is 24.3 Å². The summed E-state index contributed by atoms with van der Waals surface area (Å²) in [5.41, 5.74) is 2.92. The molecule has 1 N–H and O–H groups in total. The highest BCUT2D eigenvalue weighted by atomic mass is 32.2. The first-order chi connectivity index (χ1) is 15.0. The standard InChI is InChI=1S/C23H27N3O4S/c1-17-3-9-22(10-4-17)31(27,28)26-13-11-18(16-26)23-15-19(24-25-23)12-14-30-21-7-5-20(29-2)6-8-21/h3-10,15,18H,11-14,16H2,1-2H3,(H,24,25). The number of hydrogen-bond donors (Lipinski definition) is 1. The third-order valence-electron chi connectivity index (χ3n) is 5.58. The van der Waals surface area contributed by atoms with Crippen LogP contribution in [-0.2, 0) is 16.4 Å². The predicted molar refractivity (Wildman–Crippen MR) is 118 cm³/mol. The first-order valence-corrected chi connectivity index (χ1v) is 11.8. The molecule has 1 atom stereocenters. The van der Waals surface area contributed by atoms with E-state index in [9.17, 15) is 8.42 Å². The van der Waals surface area contributed by atoms with Gasteiger partial charge < -0.3 is 9.47 Å². The van der Waals surface area contributed by atoms with Crippen molar-refractivity contribution in [2.24, 2.45) is 0 Å². The summed E-state index contributed by atoms with van der Waals surface area (Å²) in [5.74, 6) is 1.67. The molecule has 1 unspecified atom stereocenters. The van der Waals surface area contributed by atoms with E-state index in [4.69, 9.17) is 9.47 Å². The van der Waals surface area contributed by atoms with Crippen molar-refractivity contribution in [3.05, 3.63) is 71.5 Å². The highest BCUT2D eigenvalue weighted by Crippen LogP contribution is 2.30. The lowest BCUT2D eigenvalue weighted by molar-refractivity contribution is 0.319. The zero-order valence-electron chi connectivity index (χ0n) is 17.7. The van der Waals surface area contributed by atoms with Gasteiger partial charge in [0, 0.05) is 31.1 Å². The molecule has 0 spiro atoms. The summed E-state index contributed by atoms with van der Waals surface area (Å²) in [7, 11) is -1.84. The van der Waals surface area contributed by atoms with Crippen LogP contribution in [0, 0.1) is 6.92 Å². The Morgan fingerprint density at radius 1 is 1.10 bits per heavy atom. The molecule has 2 heterocycles. The molecular formula is C23H27N3O4S. The van der Waals surface area contributed by atoms with Crippen molar-refractivity contribution in [2.45, 2.75) is 30.6 Å². The van der Waals surface area contributed by atoms with E-state index in [1.54, 1.807) is 23.5 Å². The second kappa shape index (κ2) is 9.11. The van der Waals surface area contributed by atoms with Crippen LogP contribution in [0.5, 0.6) is 11.5 Å². The first-order valence-electron chi connectivity index (χ1n) is 10.3. The number of aryl methyl sites for hydroxylation is 1. The number of aromatic amines is 1. The van der Waals surface area contributed by atoms with E-state index in [-0.39, 0.29) is 5.92 Å². The number of ether oxygens (including phenoxy) is 2.